The average molecular weight is 333 g/mol. The second-order valence-corrected chi connectivity index (χ2v) is 7.62. The van der Waals surface area contributed by atoms with E-state index in [0.29, 0.717) is 12.2 Å². The predicted octanol–water partition coefficient (Wildman–Crippen LogP) is 2.82. The van der Waals surface area contributed by atoms with Gasteiger partial charge in [-0.1, -0.05) is 18.2 Å². The average Bonchev–Trinajstić information content (AvgIpc) is 2.53. The Morgan fingerprint density at radius 1 is 1.17 bits per heavy atom. The molecule has 1 aliphatic heterocycles. The van der Waals surface area contributed by atoms with Gasteiger partial charge in [0.1, 0.15) is 5.82 Å². The fourth-order valence-corrected chi connectivity index (χ4v) is 3.49. The maximum absolute atomic E-state index is 14.2. The van der Waals surface area contributed by atoms with Crippen LogP contribution in [-0.4, -0.2) is 27.1 Å². The van der Waals surface area contributed by atoms with Crippen LogP contribution in [0.1, 0.15) is 22.3 Å². The largest absolute Gasteiger partial charge is 0.305 e. The van der Waals surface area contributed by atoms with Gasteiger partial charge in [-0.25, -0.2) is 12.8 Å². The smallest absolute Gasteiger partial charge is 0.258 e. The zero-order chi connectivity index (χ0) is 16.6. The van der Waals surface area contributed by atoms with Crippen molar-refractivity contribution < 1.29 is 17.6 Å². The molecule has 0 aromatic heterocycles. The second kappa shape index (κ2) is 5.77. The summed E-state index contributed by atoms with van der Waals surface area (Å²) < 4.78 is 37.5. The third-order valence-corrected chi connectivity index (χ3v) is 5.03. The Balaban J connectivity index is 2.03. The van der Waals surface area contributed by atoms with Crippen molar-refractivity contribution in [1.29, 1.82) is 0 Å². The first-order valence-electron chi connectivity index (χ1n) is 7.27. The molecular formula is C17H16FNO3S. The third-order valence-electron chi connectivity index (χ3n) is 3.92. The molecule has 2 aromatic rings. The van der Waals surface area contributed by atoms with Crippen molar-refractivity contribution >= 4 is 21.4 Å². The molecule has 0 unspecified atom stereocenters. The van der Waals surface area contributed by atoms with Gasteiger partial charge in [0.2, 0.25) is 0 Å². The summed E-state index contributed by atoms with van der Waals surface area (Å²) >= 11 is 0. The molecule has 0 spiro atoms. The molecule has 1 amide bonds. The highest BCUT2D eigenvalue weighted by molar-refractivity contribution is 7.90. The maximum Gasteiger partial charge on any atom is 0.258 e. The lowest BCUT2D eigenvalue weighted by atomic mass is 10.0. The van der Waals surface area contributed by atoms with Gasteiger partial charge < -0.3 is 4.90 Å². The minimum atomic E-state index is -3.40. The zero-order valence-electron chi connectivity index (χ0n) is 12.6. The Hall–Kier alpha value is -2.21. The normalized spacial score (nSPS) is 14.4. The highest BCUT2D eigenvalue weighted by Gasteiger charge is 2.26. The van der Waals surface area contributed by atoms with Gasteiger partial charge in [-0.05, 0) is 42.7 Å². The van der Waals surface area contributed by atoms with E-state index in [1.54, 1.807) is 12.1 Å². The summed E-state index contributed by atoms with van der Waals surface area (Å²) in [7, 11) is -3.40. The van der Waals surface area contributed by atoms with Crippen LogP contribution in [0.25, 0.3) is 0 Å². The first-order chi connectivity index (χ1) is 10.9. The van der Waals surface area contributed by atoms with Crippen molar-refractivity contribution in [1.82, 2.24) is 0 Å². The monoisotopic (exact) mass is 333 g/mol. The Labute approximate surface area is 134 Å². The van der Waals surface area contributed by atoms with E-state index in [1.807, 2.05) is 6.07 Å². The van der Waals surface area contributed by atoms with Crippen molar-refractivity contribution in [3.63, 3.8) is 0 Å². The van der Waals surface area contributed by atoms with Crippen LogP contribution in [0.15, 0.2) is 47.4 Å². The highest BCUT2D eigenvalue weighted by Crippen LogP contribution is 2.31. The standard InChI is InChI=1S/C17H16FNO3S/c1-23(21,22)14-8-2-6-13(11-14)17(20)19-10-4-7-12-5-3-9-15(18)16(12)19/h2-3,5-6,8-9,11H,4,7,10H2,1H3. The third kappa shape index (κ3) is 2.99. The number of sulfone groups is 1. The van der Waals surface area contributed by atoms with E-state index in [9.17, 15) is 17.6 Å². The molecule has 2 aromatic carbocycles. The fourth-order valence-electron chi connectivity index (χ4n) is 2.82. The SMILES string of the molecule is CS(=O)(=O)c1cccc(C(=O)N2CCCc3cccc(F)c32)c1. The van der Waals surface area contributed by atoms with Gasteiger partial charge in [-0.15, -0.1) is 0 Å². The van der Waals surface area contributed by atoms with Crippen molar-refractivity contribution in [3.05, 3.63) is 59.4 Å². The van der Waals surface area contributed by atoms with Crippen LogP contribution in [-0.2, 0) is 16.3 Å². The topological polar surface area (TPSA) is 54.5 Å². The summed E-state index contributed by atoms with van der Waals surface area (Å²) in [5.41, 5.74) is 1.33. The van der Waals surface area contributed by atoms with E-state index in [0.717, 1.165) is 24.7 Å². The van der Waals surface area contributed by atoms with Crippen LogP contribution >= 0.6 is 0 Å². The quantitative estimate of drug-likeness (QED) is 0.849. The number of nitrogens with zero attached hydrogens (tertiary/aromatic N) is 1. The summed E-state index contributed by atoms with van der Waals surface area (Å²) in [6, 6.07) is 10.6. The van der Waals surface area contributed by atoms with E-state index in [1.165, 1.54) is 29.2 Å². The number of hydrogen-bond acceptors (Lipinski definition) is 3. The molecule has 0 radical (unpaired) electrons. The molecule has 23 heavy (non-hydrogen) atoms. The maximum atomic E-state index is 14.2. The number of amides is 1. The lowest BCUT2D eigenvalue weighted by Gasteiger charge is -2.30. The van der Waals surface area contributed by atoms with Crippen LogP contribution in [0.5, 0.6) is 0 Å². The Kier molecular flexibility index (Phi) is 3.93. The van der Waals surface area contributed by atoms with Crippen LogP contribution in [0, 0.1) is 5.82 Å². The summed E-state index contributed by atoms with van der Waals surface area (Å²) in [6.07, 6.45) is 2.56. The van der Waals surface area contributed by atoms with Crippen LogP contribution < -0.4 is 4.90 Å². The van der Waals surface area contributed by atoms with Gasteiger partial charge in [-0.3, -0.25) is 4.79 Å². The number of halogens is 1. The number of fused-ring (bicyclic) bond motifs is 1. The Bertz CT molecular complexity index is 877. The van der Waals surface area contributed by atoms with E-state index < -0.39 is 15.7 Å². The number of aryl methyl sites for hydroxylation is 1. The first-order valence-corrected chi connectivity index (χ1v) is 9.16. The lowest BCUT2D eigenvalue weighted by Crippen LogP contribution is -2.36. The van der Waals surface area contributed by atoms with Gasteiger partial charge in [0.15, 0.2) is 9.84 Å². The molecule has 0 saturated heterocycles. The molecule has 0 aliphatic carbocycles. The fraction of sp³-hybridized carbons (Fsp3) is 0.235. The minimum Gasteiger partial charge on any atom is -0.305 e. The van der Waals surface area contributed by atoms with Crippen molar-refractivity contribution in [2.24, 2.45) is 0 Å². The molecule has 3 rings (SSSR count). The summed E-state index contributed by atoms with van der Waals surface area (Å²) in [5.74, 6) is -0.823. The molecule has 120 valence electrons. The molecular weight excluding hydrogens is 317 g/mol. The molecule has 1 heterocycles. The number of carbonyl (C=O) groups is 1. The van der Waals surface area contributed by atoms with Crippen molar-refractivity contribution in [2.45, 2.75) is 17.7 Å². The minimum absolute atomic E-state index is 0.0779. The van der Waals surface area contributed by atoms with Gasteiger partial charge >= 0.3 is 0 Å². The van der Waals surface area contributed by atoms with Crippen LogP contribution in [0.3, 0.4) is 0 Å². The Morgan fingerprint density at radius 3 is 2.65 bits per heavy atom. The van der Waals surface area contributed by atoms with Crippen molar-refractivity contribution in [3.8, 4) is 0 Å². The summed E-state index contributed by atoms with van der Waals surface area (Å²) in [6.45, 7) is 0.413. The summed E-state index contributed by atoms with van der Waals surface area (Å²) in [5, 5.41) is 0. The molecule has 0 N–H and O–H groups in total. The van der Waals surface area contributed by atoms with E-state index >= 15 is 0 Å². The van der Waals surface area contributed by atoms with Gasteiger partial charge in [0, 0.05) is 18.4 Å². The van der Waals surface area contributed by atoms with Crippen LogP contribution in [0.4, 0.5) is 10.1 Å². The molecule has 0 fully saturated rings. The number of para-hydroxylation sites is 1. The molecule has 0 bridgehead atoms. The molecule has 4 nitrogen and oxygen atoms in total. The number of anilines is 1. The molecule has 0 atom stereocenters. The zero-order valence-corrected chi connectivity index (χ0v) is 13.4. The van der Waals surface area contributed by atoms with Crippen molar-refractivity contribution in [2.75, 3.05) is 17.7 Å². The number of rotatable bonds is 2. The predicted molar refractivity (Wildman–Crippen MR) is 85.9 cm³/mol. The molecule has 6 heteroatoms. The molecule has 0 saturated carbocycles. The number of benzene rings is 2. The van der Waals surface area contributed by atoms with E-state index in [-0.39, 0.29) is 16.4 Å². The number of carbonyl (C=O) groups excluding carboxylic acids is 1. The van der Waals surface area contributed by atoms with Gasteiger partial charge in [-0.2, -0.15) is 0 Å². The van der Waals surface area contributed by atoms with Crippen LogP contribution in [0.2, 0.25) is 0 Å². The lowest BCUT2D eigenvalue weighted by molar-refractivity contribution is 0.0984. The highest BCUT2D eigenvalue weighted by atomic mass is 32.2. The van der Waals surface area contributed by atoms with E-state index in [4.69, 9.17) is 0 Å². The Morgan fingerprint density at radius 2 is 1.91 bits per heavy atom. The first kappa shape index (κ1) is 15.7. The molecule has 1 aliphatic rings. The van der Waals surface area contributed by atoms with E-state index in [2.05, 4.69) is 0 Å². The number of hydrogen-bond donors (Lipinski definition) is 0. The van der Waals surface area contributed by atoms with Gasteiger partial charge in [0.05, 0.1) is 10.6 Å². The summed E-state index contributed by atoms with van der Waals surface area (Å²) in [4.78, 5) is 14.2. The second-order valence-electron chi connectivity index (χ2n) is 5.61. The van der Waals surface area contributed by atoms with Gasteiger partial charge in [0.25, 0.3) is 5.91 Å².